The minimum atomic E-state index is -1.09. The van der Waals surface area contributed by atoms with Gasteiger partial charge >= 0.3 is 17.1 Å². The molecule has 0 saturated carbocycles. The van der Waals surface area contributed by atoms with Gasteiger partial charge in [0.2, 0.25) is 5.91 Å². The van der Waals surface area contributed by atoms with Crippen LogP contribution in [0, 0.1) is 12.8 Å². The van der Waals surface area contributed by atoms with E-state index in [1.807, 2.05) is 0 Å². The predicted molar refractivity (Wildman–Crippen MR) is 119 cm³/mol. The second kappa shape index (κ2) is 12.2. The molecule has 0 spiro atoms. The van der Waals surface area contributed by atoms with E-state index in [2.05, 4.69) is 10.2 Å². The molecule has 1 fully saturated rings. The van der Waals surface area contributed by atoms with E-state index < -0.39 is 27.9 Å². The highest BCUT2D eigenvalue weighted by Crippen LogP contribution is 2.31. The normalized spacial score (nSPS) is 15.8. The number of carbonyl (C=O) groups excluding carboxylic acids is 3. The minimum Gasteiger partial charge on any atom is -0.463 e. The summed E-state index contributed by atoms with van der Waals surface area (Å²) in [5.41, 5.74) is 0. The van der Waals surface area contributed by atoms with Crippen LogP contribution < -0.4 is 11.1 Å². The van der Waals surface area contributed by atoms with Gasteiger partial charge in [0.05, 0.1) is 18.0 Å². The molecule has 1 aromatic rings. The molecule has 1 aliphatic heterocycles. The van der Waals surface area contributed by atoms with Crippen LogP contribution >= 0.6 is 11.8 Å². The molecule has 1 saturated heterocycles. The van der Waals surface area contributed by atoms with Gasteiger partial charge in [0, 0.05) is 25.6 Å². The Kier molecular flexibility index (Phi) is 9.99. The van der Waals surface area contributed by atoms with Crippen LogP contribution in [-0.4, -0.2) is 72.3 Å². The predicted octanol–water partition coefficient (Wildman–Crippen LogP) is 1.71. The third-order valence-electron chi connectivity index (χ3n) is 5.00. The number of nitrogens with one attached hydrogen (secondary N) is 1. The third kappa shape index (κ3) is 8.52. The fraction of sp³-hybridized carbons (Fsp3) is 0.714. The molecule has 1 N–H and O–H groups in total. The Morgan fingerprint density at radius 2 is 1.82 bits per heavy atom. The van der Waals surface area contributed by atoms with E-state index >= 15 is 0 Å². The van der Waals surface area contributed by atoms with Gasteiger partial charge in [0.15, 0.2) is 18.1 Å². The Balaban J connectivity index is 1.98. The van der Waals surface area contributed by atoms with E-state index in [-0.39, 0.29) is 36.6 Å². The van der Waals surface area contributed by atoms with Crippen LogP contribution in [0.5, 0.6) is 0 Å². The lowest BCUT2D eigenvalue weighted by molar-refractivity contribution is -0.149. The van der Waals surface area contributed by atoms with Crippen LogP contribution in [0.15, 0.2) is 13.6 Å². The zero-order valence-electron chi connectivity index (χ0n) is 19.6. The van der Waals surface area contributed by atoms with E-state index in [0.29, 0.717) is 19.8 Å². The summed E-state index contributed by atoms with van der Waals surface area (Å²) < 4.78 is 24.3. The number of carbonyl (C=O) groups is 3. The van der Waals surface area contributed by atoms with Gasteiger partial charge < -0.3 is 28.4 Å². The molecule has 1 atom stereocenters. The lowest BCUT2D eigenvalue weighted by Gasteiger charge is -2.32. The average Bonchev–Trinajstić information content (AvgIpc) is 3.07. The molecular weight excluding hydrogens is 456 g/mol. The number of rotatable bonds is 10. The lowest BCUT2D eigenvalue weighted by atomic mass is 10.0. The van der Waals surface area contributed by atoms with Crippen molar-refractivity contribution < 1.29 is 37.4 Å². The summed E-state index contributed by atoms with van der Waals surface area (Å²) >= 11 is 0.731. The van der Waals surface area contributed by atoms with Gasteiger partial charge in [0.25, 0.3) is 0 Å². The Bertz CT molecular complexity index is 871. The van der Waals surface area contributed by atoms with Crippen molar-refractivity contribution in [2.45, 2.75) is 52.0 Å². The highest BCUT2D eigenvalue weighted by molar-refractivity contribution is 8.14. The van der Waals surface area contributed by atoms with Gasteiger partial charge in [-0.3, -0.25) is 9.69 Å². The highest BCUT2D eigenvalue weighted by atomic mass is 32.2. The Morgan fingerprint density at radius 3 is 2.39 bits per heavy atom. The summed E-state index contributed by atoms with van der Waals surface area (Å²) in [6.45, 7) is 11.4. The van der Waals surface area contributed by atoms with Crippen molar-refractivity contribution in [3.63, 3.8) is 0 Å². The molecule has 0 unspecified atom stereocenters. The molecule has 0 aromatic carbocycles. The molecule has 2 rings (SSSR count). The number of amides is 1. The van der Waals surface area contributed by atoms with Gasteiger partial charge in [-0.2, -0.15) is 0 Å². The molecule has 186 valence electrons. The highest BCUT2D eigenvalue weighted by Gasteiger charge is 2.41. The number of esters is 1. The van der Waals surface area contributed by atoms with Gasteiger partial charge in [-0.15, -0.1) is 0 Å². The maximum atomic E-state index is 12.9. The summed E-state index contributed by atoms with van der Waals surface area (Å²) in [6, 6.07) is -1.09. The van der Waals surface area contributed by atoms with Crippen molar-refractivity contribution in [3.8, 4) is 0 Å². The van der Waals surface area contributed by atoms with Crippen LogP contribution in [-0.2, 0) is 30.4 Å². The second-order valence-electron chi connectivity index (χ2n) is 8.40. The summed E-state index contributed by atoms with van der Waals surface area (Å²) in [6.07, 6.45) is 0. The maximum Gasteiger partial charge on any atom is 0.519 e. The van der Waals surface area contributed by atoms with E-state index in [9.17, 15) is 19.2 Å². The Labute approximate surface area is 196 Å². The summed E-state index contributed by atoms with van der Waals surface area (Å²) in [4.78, 5) is 50.9. The number of hydrogen-bond donors (Lipinski definition) is 1. The number of thioether (sulfide) groups is 1. The third-order valence-corrected chi connectivity index (χ3v) is 6.05. The van der Waals surface area contributed by atoms with Crippen LogP contribution in [0.3, 0.4) is 0 Å². The molecule has 11 nitrogen and oxygen atoms in total. The fourth-order valence-electron chi connectivity index (χ4n) is 2.94. The van der Waals surface area contributed by atoms with E-state index in [1.54, 1.807) is 27.7 Å². The van der Waals surface area contributed by atoms with Crippen molar-refractivity contribution >= 4 is 28.9 Å². The first-order valence-electron chi connectivity index (χ1n) is 10.7. The SMILES string of the molecule is Cc1oc(=O)oc1COC(=O)SC(C)(C)[C@@H](NC(=O)C(C)C)C(=O)OCCN1CCOCC1. The van der Waals surface area contributed by atoms with Crippen molar-refractivity contribution in [1.29, 1.82) is 0 Å². The number of hydrogen-bond acceptors (Lipinski definition) is 11. The molecule has 33 heavy (non-hydrogen) atoms. The Morgan fingerprint density at radius 1 is 1.15 bits per heavy atom. The van der Waals surface area contributed by atoms with Crippen molar-refractivity contribution in [2.24, 2.45) is 5.92 Å². The molecule has 2 heterocycles. The van der Waals surface area contributed by atoms with Crippen LogP contribution in [0.4, 0.5) is 4.79 Å². The summed E-state index contributed by atoms with van der Waals surface area (Å²) in [7, 11) is 0. The van der Waals surface area contributed by atoms with E-state index in [1.165, 1.54) is 6.92 Å². The van der Waals surface area contributed by atoms with Gasteiger partial charge in [0.1, 0.15) is 12.6 Å². The quantitative estimate of drug-likeness (QED) is 0.482. The number of nitrogens with zero attached hydrogens (tertiary/aromatic N) is 1. The van der Waals surface area contributed by atoms with Gasteiger partial charge in [-0.1, -0.05) is 13.8 Å². The average molecular weight is 489 g/mol. The van der Waals surface area contributed by atoms with Crippen molar-refractivity contribution in [1.82, 2.24) is 10.2 Å². The number of ether oxygens (including phenoxy) is 3. The van der Waals surface area contributed by atoms with Crippen LogP contribution in [0.2, 0.25) is 0 Å². The zero-order valence-corrected chi connectivity index (χ0v) is 20.5. The monoisotopic (exact) mass is 488 g/mol. The first-order chi connectivity index (χ1) is 15.5. The molecule has 0 radical (unpaired) electrons. The van der Waals surface area contributed by atoms with E-state index in [4.69, 9.17) is 23.0 Å². The zero-order chi connectivity index (χ0) is 24.6. The van der Waals surface area contributed by atoms with Crippen LogP contribution in [0.25, 0.3) is 0 Å². The van der Waals surface area contributed by atoms with Gasteiger partial charge in [-0.05, 0) is 32.5 Å². The minimum absolute atomic E-state index is 0.0962. The Hall–Kier alpha value is -2.31. The standard InChI is InChI=1S/C21H32N2O9S/c1-13(2)17(24)22-16(18(25)29-11-8-23-6-9-28-10-7-23)21(4,5)33-20(27)30-12-15-14(3)31-19(26)32-15/h13,16H,6-12H2,1-5H3,(H,22,24)/t16-/m0/s1. The molecule has 0 aliphatic carbocycles. The second-order valence-corrected chi connectivity index (χ2v) is 9.99. The van der Waals surface area contributed by atoms with Crippen molar-refractivity contribution in [2.75, 3.05) is 39.5 Å². The topological polar surface area (TPSA) is 138 Å². The van der Waals surface area contributed by atoms with Crippen molar-refractivity contribution in [3.05, 3.63) is 22.1 Å². The molecule has 1 aliphatic rings. The lowest BCUT2D eigenvalue weighted by Crippen LogP contribution is -2.54. The molecule has 1 aromatic heterocycles. The first-order valence-corrected chi connectivity index (χ1v) is 11.5. The number of morpholine rings is 1. The van der Waals surface area contributed by atoms with Crippen LogP contribution in [0.1, 0.15) is 39.2 Å². The summed E-state index contributed by atoms with van der Waals surface area (Å²) in [5, 5.41) is 1.97. The molecule has 1 amide bonds. The number of aryl methyl sites for hydroxylation is 1. The fourth-order valence-corrected chi connectivity index (χ4v) is 3.76. The van der Waals surface area contributed by atoms with E-state index in [0.717, 1.165) is 24.9 Å². The molecule has 12 heteroatoms. The molecular formula is C21H32N2O9S. The van der Waals surface area contributed by atoms with Gasteiger partial charge in [-0.25, -0.2) is 14.4 Å². The smallest absolute Gasteiger partial charge is 0.463 e. The maximum absolute atomic E-state index is 12.9. The summed E-state index contributed by atoms with van der Waals surface area (Å²) in [5.74, 6) is -1.93. The molecule has 0 bridgehead atoms. The first kappa shape index (κ1) is 26.9. The largest absolute Gasteiger partial charge is 0.519 e.